The highest BCUT2D eigenvalue weighted by atomic mass is 16.4. The van der Waals surface area contributed by atoms with Crippen LogP contribution in [0.15, 0.2) is 66.9 Å². The van der Waals surface area contributed by atoms with Crippen LogP contribution in [-0.2, 0) is 30.8 Å². The molecular weight excluding hydrogens is 514 g/mol. The molecule has 0 saturated heterocycles. The molecule has 10 rings (SSSR count). The first kappa shape index (κ1) is 25.5. The monoisotopic (exact) mass is 547 g/mol. The van der Waals surface area contributed by atoms with Gasteiger partial charge in [-0.1, -0.05) is 42.3 Å². The molecule has 0 fully saturated rings. The lowest BCUT2D eigenvalue weighted by Gasteiger charge is -2.30. The fourth-order valence-corrected chi connectivity index (χ4v) is 6.55. The van der Waals surface area contributed by atoms with Gasteiger partial charge in [-0.15, -0.1) is 5.10 Å². The third kappa shape index (κ3) is 4.88. The minimum absolute atomic E-state index is 0.0270. The molecule has 0 aliphatic carbocycles. The SMILES string of the molecule is O=C(O)CC1c2ccc3c(c2)CN(CC3)C(=O)c2ccc3c(ccn3CCCCCCn3nnc4cc1ccc43)c2. The highest BCUT2D eigenvalue weighted by molar-refractivity contribution is 5.98. The molecule has 5 aliphatic heterocycles. The molecule has 3 aromatic carbocycles. The highest BCUT2D eigenvalue weighted by Crippen LogP contribution is 2.33. The Labute approximate surface area is 238 Å². The summed E-state index contributed by atoms with van der Waals surface area (Å²) in [6, 6.07) is 20.4. The summed E-state index contributed by atoms with van der Waals surface area (Å²) in [5.41, 5.74) is 7.76. The number of carboxylic acids is 1. The summed E-state index contributed by atoms with van der Waals surface area (Å²) >= 11 is 0. The third-order valence-electron chi connectivity index (χ3n) is 8.79. The van der Waals surface area contributed by atoms with E-state index in [0.29, 0.717) is 18.7 Å². The molecule has 1 unspecified atom stereocenters. The Morgan fingerprint density at radius 2 is 1.66 bits per heavy atom. The Morgan fingerprint density at radius 3 is 2.54 bits per heavy atom. The summed E-state index contributed by atoms with van der Waals surface area (Å²) in [5.74, 6) is -1.15. The van der Waals surface area contributed by atoms with Crippen molar-refractivity contribution in [1.82, 2.24) is 24.5 Å². The van der Waals surface area contributed by atoms with Crippen molar-refractivity contribution in [3.63, 3.8) is 0 Å². The van der Waals surface area contributed by atoms with E-state index in [1.807, 2.05) is 46.0 Å². The lowest BCUT2D eigenvalue weighted by atomic mass is 9.85. The van der Waals surface area contributed by atoms with Crippen molar-refractivity contribution in [3.05, 3.63) is 94.7 Å². The summed E-state index contributed by atoms with van der Waals surface area (Å²) in [6.07, 6.45) is 7.21. The summed E-state index contributed by atoms with van der Waals surface area (Å²) in [4.78, 5) is 27.5. The normalized spacial score (nSPS) is 17.9. The molecule has 41 heavy (non-hydrogen) atoms. The number of aryl methyl sites for hydroxylation is 2. The number of aromatic nitrogens is 4. The van der Waals surface area contributed by atoms with E-state index in [0.717, 1.165) is 83.8 Å². The maximum Gasteiger partial charge on any atom is 0.304 e. The van der Waals surface area contributed by atoms with Gasteiger partial charge in [0, 0.05) is 54.8 Å². The van der Waals surface area contributed by atoms with Gasteiger partial charge < -0.3 is 14.6 Å². The predicted octanol–water partition coefficient (Wildman–Crippen LogP) is 5.77. The van der Waals surface area contributed by atoms with Crippen molar-refractivity contribution in [2.75, 3.05) is 6.54 Å². The molecule has 11 bridgehead atoms. The number of benzene rings is 3. The second kappa shape index (κ2) is 10.5. The number of aliphatic carboxylic acids is 1. The summed E-state index contributed by atoms with van der Waals surface area (Å²) in [7, 11) is 0. The Hall–Kier alpha value is -4.46. The molecule has 1 N–H and O–H groups in total. The minimum Gasteiger partial charge on any atom is -0.481 e. The van der Waals surface area contributed by atoms with Crippen LogP contribution in [0.2, 0.25) is 0 Å². The molecule has 2 aromatic heterocycles. The van der Waals surface area contributed by atoms with Crippen LogP contribution in [0.25, 0.3) is 21.9 Å². The molecule has 0 saturated carbocycles. The minimum atomic E-state index is -0.852. The number of amides is 1. The quantitative estimate of drug-likeness (QED) is 0.303. The van der Waals surface area contributed by atoms with E-state index in [1.165, 1.54) is 5.56 Å². The van der Waals surface area contributed by atoms with E-state index in [1.54, 1.807) is 0 Å². The average molecular weight is 548 g/mol. The predicted molar refractivity (Wildman–Crippen MR) is 157 cm³/mol. The van der Waals surface area contributed by atoms with Crippen molar-refractivity contribution in [1.29, 1.82) is 0 Å². The molecule has 0 radical (unpaired) electrons. The van der Waals surface area contributed by atoms with Crippen LogP contribution >= 0.6 is 0 Å². The van der Waals surface area contributed by atoms with Gasteiger partial charge in [-0.3, -0.25) is 9.59 Å². The molecule has 0 spiro atoms. The highest BCUT2D eigenvalue weighted by Gasteiger charge is 2.25. The Morgan fingerprint density at radius 1 is 0.854 bits per heavy atom. The zero-order valence-corrected chi connectivity index (χ0v) is 23.0. The number of nitrogens with zero attached hydrogens (tertiary/aromatic N) is 5. The van der Waals surface area contributed by atoms with Crippen LogP contribution in [0.1, 0.15) is 70.6 Å². The number of hydrogen-bond donors (Lipinski definition) is 1. The lowest BCUT2D eigenvalue weighted by molar-refractivity contribution is -0.137. The molecule has 5 aliphatic rings. The van der Waals surface area contributed by atoms with Gasteiger partial charge in [0.25, 0.3) is 5.91 Å². The zero-order chi connectivity index (χ0) is 27.9. The number of rotatable bonds is 2. The Kier molecular flexibility index (Phi) is 6.53. The van der Waals surface area contributed by atoms with Crippen molar-refractivity contribution in [2.45, 2.75) is 64.1 Å². The Balaban J connectivity index is 1.28. The van der Waals surface area contributed by atoms with Crippen molar-refractivity contribution in [2.24, 2.45) is 0 Å². The van der Waals surface area contributed by atoms with Crippen LogP contribution < -0.4 is 0 Å². The van der Waals surface area contributed by atoms with Gasteiger partial charge in [-0.25, -0.2) is 4.68 Å². The summed E-state index contributed by atoms with van der Waals surface area (Å²) < 4.78 is 4.25. The van der Waals surface area contributed by atoms with E-state index < -0.39 is 5.97 Å². The Bertz CT molecular complexity index is 1780. The average Bonchev–Trinajstić information content (AvgIpc) is 3.59. The van der Waals surface area contributed by atoms with E-state index in [2.05, 4.69) is 45.3 Å². The standard InChI is InChI=1S/C33H33N5O3/c39-32(40)20-28-23-6-5-22-11-16-37(21-27(22)17-23)33(41)26-8-9-30-25(18-26)12-15-36(30)13-3-1-2-4-14-38-31-10-7-24(28)19-29(31)34-35-38/h5-10,12,15,17-19,28H,1-4,11,13-14,16,20-21H2,(H,39,40). The van der Waals surface area contributed by atoms with E-state index >= 15 is 0 Å². The number of hydrogen-bond acceptors (Lipinski definition) is 4. The van der Waals surface area contributed by atoms with Gasteiger partial charge in [0.05, 0.1) is 11.9 Å². The largest absolute Gasteiger partial charge is 0.481 e. The maximum atomic E-state index is 13.6. The smallest absolute Gasteiger partial charge is 0.304 e. The van der Waals surface area contributed by atoms with Crippen molar-refractivity contribution >= 4 is 33.8 Å². The molecule has 7 heterocycles. The molecular formula is C33H33N5O3. The molecule has 8 heteroatoms. The topological polar surface area (TPSA) is 93.2 Å². The molecule has 1 amide bonds. The molecule has 208 valence electrons. The second-order valence-corrected chi connectivity index (χ2v) is 11.4. The van der Waals surface area contributed by atoms with Gasteiger partial charge in [0.1, 0.15) is 5.52 Å². The van der Waals surface area contributed by atoms with Crippen LogP contribution in [-0.4, -0.2) is 48.0 Å². The molecule has 1 atom stereocenters. The lowest BCUT2D eigenvalue weighted by Crippen LogP contribution is -2.36. The van der Waals surface area contributed by atoms with E-state index in [-0.39, 0.29) is 18.2 Å². The van der Waals surface area contributed by atoms with Crippen LogP contribution in [0, 0.1) is 0 Å². The van der Waals surface area contributed by atoms with Crippen molar-refractivity contribution < 1.29 is 14.7 Å². The first-order valence-electron chi connectivity index (χ1n) is 14.6. The fourth-order valence-electron chi connectivity index (χ4n) is 6.55. The summed E-state index contributed by atoms with van der Waals surface area (Å²) in [6.45, 7) is 2.93. The second-order valence-electron chi connectivity index (χ2n) is 11.4. The van der Waals surface area contributed by atoms with Gasteiger partial charge in [0.2, 0.25) is 0 Å². The third-order valence-corrected chi connectivity index (χ3v) is 8.79. The molecule has 8 nitrogen and oxygen atoms in total. The zero-order valence-electron chi connectivity index (χ0n) is 23.0. The number of carbonyl (C=O) groups excluding carboxylic acids is 1. The first-order valence-corrected chi connectivity index (χ1v) is 14.6. The van der Waals surface area contributed by atoms with Crippen LogP contribution in [0.5, 0.6) is 0 Å². The number of carboxylic acid groups (broad SMARTS) is 1. The first-order chi connectivity index (χ1) is 20.0. The van der Waals surface area contributed by atoms with Crippen molar-refractivity contribution in [3.8, 4) is 0 Å². The van der Waals surface area contributed by atoms with E-state index in [4.69, 9.17) is 0 Å². The van der Waals surface area contributed by atoms with Gasteiger partial charge in [-0.05, 0) is 77.9 Å². The fraction of sp³-hybridized carbons (Fsp3) is 0.333. The van der Waals surface area contributed by atoms with Gasteiger partial charge >= 0.3 is 5.97 Å². The molecule has 5 aromatic rings. The van der Waals surface area contributed by atoms with E-state index in [9.17, 15) is 14.7 Å². The van der Waals surface area contributed by atoms with Crippen LogP contribution in [0.3, 0.4) is 0 Å². The van der Waals surface area contributed by atoms with Gasteiger partial charge in [0.15, 0.2) is 0 Å². The van der Waals surface area contributed by atoms with Gasteiger partial charge in [-0.2, -0.15) is 0 Å². The maximum absolute atomic E-state index is 13.6. The van der Waals surface area contributed by atoms with Crippen LogP contribution in [0.4, 0.5) is 0 Å². The number of carbonyl (C=O) groups is 2. The summed E-state index contributed by atoms with van der Waals surface area (Å²) in [5, 5.41) is 19.7.